The van der Waals surface area contributed by atoms with Gasteiger partial charge in [0, 0.05) is 5.25 Å². The van der Waals surface area contributed by atoms with Crippen molar-refractivity contribution in [1.29, 1.82) is 0 Å². The molecule has 1 fully saturated rings. The second-order valence-electron chi connectivity index (χ2n) is 4.62. The van der Waals surface area contributed by atoms with Gasteiger partial charge in [-0.2, -0.15) is 0 Å². The standard InChI is InChI=1S/C11H21NO2S/c1-11(2,10(13)14-4)15-9-5-7-12(3)8-6-9/h9H,5-8H2,1-4H3. The molecule has 0 spiro atoms. The van der Waals surface area contributed by atoms with Gasteiger partial charge >= 0.3 is 5.97 Å². The second kappa shape index (κ2) is 5.21. The average molecular weight is 231 g/mol. The minimum atomic E-state index is -0.407. The van der Waals surface area contributed by atoms with Crippen molar-refractivity contribution < 1.29 is 9.53 Å². The van der Waals surface area contributed by atoms with E-state index in [1.165, 1.54) is 20.0 Å². The van der Waals surface area contributed by atoms with Crippen molar-refractivity contribution in [2.75, 3.05) is 27.2 Å². The minimum absolute atomic E-state index is 0.119. The van der Waals surface area contributed by atoms with Crippen LogP contribution in [-0.4, -0.2) is 48.1 Å². The number of carbonyl (C=O) groups is 1. The first kappa shape index (κ1) is 12.8. The highest BCUT2D eigenvalue weighted by atomic mass is 32.2. The molecule has 1 aliphatic heterocycles. The molecule has 0 radical (unpaired) electrons. The number of piperidine rings is 1. The number of rotatable bonds is 3. The number of likely N-dealkylation sites (tertiary alicyclic amines) is 1. The summed E-state index contributed by atoms with van der Waals surface area (Å²) < 4.78 is 4.40. The van der Waals surface area contributed by atoms with Gasteiger partial charge in [-0.15, -0.1) is 11.8 Å². The highest BCUT2D eigenvalue weighted by Crippen LogP contribution is 2.34. The Bertz CT molecular complexity index is 223. The molecule has 0 aromatic rings. The van der Waals surface area contributed by atoms with Crippen molar-refractivity contribution in [3.05, 3.63) is 0 Å². The summed E-state index contributed by atoms with van der Waals surface area (Å²) in [6, 6.07) is 0. The summed E-state index contributed by atoms with van der Waals surface area (Å²) in [4.78, 5) is 13.9. The van der Waals surface area contributed by atoms with E-state index in [1.54, 1.807) is 11.8 Å². The number of ether oxygens (including phenoxy) is 1. The summed E-state index contributed by atoms with van der Waals surface area (Å²) in [7, 11) is 3.60. The SMILES string of the molecule is COC(=O)C(C)(C)SC1CCN(C)CC1. The molecule has 0 aromatic carbocycles. The zero-order chi connectivity index (χ0) is 11.5. The summed E-state index contributed by atoms with van der Waals surface area (Å²) in [6.45, 7) is 6.16. The van der Waals surface area contributed by atoms with E-state index < -0.39 is 4.75 Å². The van der Waals surface area contributed by atoms with E-state index in [4.69, 9.17) is 4.74 Å². The van der Waals surface area contributed by atoms with Crippen LogP contribution in [0.15, 0.2) is 0 Å². The van der Waals surface area contributed by atoms with Crippen molar-refractivity contribution in [3.63, 3.8) is 0 Å². The van der Waals surface area contributed by atoms with Crippen LogP contribution in [0.5, 0.6) is 0 Å². The maximum absolute atomic E-state index is 11.5. The lowest BCUT2D eigenvalue weighted by Crippen LogP contribution is -2.37. The first-order valence-corrected chi connectivity index (χ1v) is 6.28. The van der Waals surface area contributed by atoms with E-state index in [-0.39, 0.29) is 5.97 Å². The Morgan fingerprint density at radius 3 is 2.40 bits per heavy atom. The first-order valence-electron chi connectivity index (χ1n) is 5.40. The lowest BCUT2D eigenvalue weighted by atomic mass is 10.1. The fraction of sp³-hybridized carbons (Fsp3) is 0.909. The van der Waals surface area contributed by atoms with Crippen LogP contribution in [0.1, 0.15) is 26.7 Å². The largest absolute Gasteiger partial charge is 0.468 e. The Kier molecular flexibility index (Phi) is 4.46. The number of thioether (sulfide) groups is 1. The van der Waals surface area contributed by atoms with E-state index >= 15 is 0 Å². The van der Waals surface area contributed by atoms with Gasteiger partial charge in [-0.1, -0.05) is 0 Å². The Labute approximate surface area is 96.5 Å². The molecule has 0 unspecified atom stereocenters. The lowest BCUT2D eigenvalue weighted by molar-refractivity contribution is -0.142. The monoisotopic (exact) mass is 231 g/mol. The molecule has 88 valence electrons. The number of carbonyl (C=O) groups excluding carboxylic acids is 1. The van der Waals surface area contributed by atoms with Crippen LogP contribution < -0.4 is 0 Å². The molecular weight excluding hydrogens is 210 g/mol. The van der Waals surface area contributed by atoms with Gasteiger partial charge in [-0.05, 0) is 46.8 Å². The van der Waals surface area contributed by atoms with Crippen LogP contribution in [-0.2, 0) is 9.53 Å². The van der Waals surface area contributed by atoms with Gasteiger partial charge < -0.3 is 9.64 Å². The number of hydrogen-bond acceptors (Lipinski definition) is 4. The molecule has 0 saturated carbocycles. The predicted molar refractivity (Wildman–Crippen MR) is 64.2 cm³/mol. The third-order valence-electron chi connectivity index (χ3n) is 2.80. The number of esters is 1. The Morgan fingerprint density at radius 2 is 1.93 bits per heavy atom. The predicted octanol–water partition coefficient (Wildman–Crippen LogP) is 1.77. The van der Waals surface area contributed by atoms with Gasteiger partial charge in [-0.25, -0.2) is 0 Å². The van der Waals surface area contributed by atoms with Crippen LogP contribution in [0.2, 0.25) is 0 Å². The Hall–Kier alpha value is -0.220. The van der Waals surface area contributed by atoms with Gasteiger partial charge in [0.05, 0.1) is 7.11 Å². The zero-order valence-corrected chi connectivity index (χ0v) is 10.9. The number of hydrogen-bond donors (Lipinski definition) is 0. The summed E-state index contributed by atoms with van der Waals surface area (Å²) in [6.07, 6.45) is 2.34. The van der Waals surface area contributed by atoms with E-state index in [1.807, 2.05) is 13.8 Å². The van der Waals surface area contributed by atoms with Gasteiger partial charge in [-0.3, -0.25) is 4.79 Å². The van der Waals surface area contributed by atoms with Gasteiger partial charge in [0.15, 0.2) is 0 Å². The quantitative estimate of drug-likeness (QED) is 0.692. The zero-order valence-electron chi connectivity index (χ0n) is 10.1. The minimum Gasteiger partial charge on any atom is -0.468 e. The highest BCUT2D eigenvalue weighted by molar-refractivity contribution is 8.01. The molecule has 1 rings (SSSR count). The molecule has 1 aliphatic rings. The second-order valence-corrected chi connectivity index (χ2v) is 6.55. The molecule has 15 heavy (non-hydrogen) atoms. The van der Waals surface area contributed by atoms with Crippen molar-refractivity contribution in [2.24, 2.45) is 0 Å². The Morgan fingerprint density at radius 1 is 1.40 bits per heavy atom. The van der Waals surface area contributed by atoms with Crippen molar-refractivity contribution in [3.8, 4) is 0 Å². The molecule has 4 heteroatoms. The molecule has 0 amide bonds. The topological polar surface area (TPSA) is 29.5 Å². The van der Waals surface area contributed by atoms with Crippen LogP contribution in [0.25, 0.3) is 0 Å². The summed E-state index contributed by atoms with van der Waals surface area (Å²) in [5, 5.41) is 0.593. The third kappa shape index (κ3) is 3.68. The van der Waals surface area contributed by atoms with E-state index in [0.717, 1.165) is 13.1 Å². The fourth-order valence-corrected chi connectivity index (χ4v) is 3.27. The smallest absolute Gasteiger partial charge is 0.321 e. The fourth-order valence-electron chi connectivity index (χ4n) is 1.81. The summed E-state index contributed by atoms with van der Waals surface area (Å²) in [5.74, 6) is -0.119. The maximum Gasteiger partial charge on any atom is 0.321 e. The number of methoxy groups -OCH3 is 1. The van der Waals surface area contributed by atoms with Crippen LogP contribution in [0, 0.1) is 0 Å². The molecule has 3 nitrogen and oxygen atoms in total. The van der Waals surface area contributed by atoms with Crippen LogP contribution >= 0.6 is 11.8 Å². The summed E-state index contributed by atoms with van der Waals surface area (Å²) >= 11 is 1.76. The summed E-state index contributed by atoms with van der Waals surface area (Å²) in [5.41, 5.74) is 0. The molecule has 0 N–H and O–H groups in total. The Balaban J connectivity index is 2.43. The first-order chi connectivity index (χ1) is 6.95. The van der Waals surface area contributed by atoms with E-state index in [0.29, 0.717) is 5.25 Å². The molecule has 0 aliphatic carbocycles. The maximum atomic E-state index is 11.5. The molecule has 1 heterocycles. The third-order valence-corrected chi connectivity index (χ3v) is 4.36. The molecule has 0 atom stereocenters. The average Bonchev–Trinajstić information content (AvgIpc) is 2.20. The van der Waals surface area contributed by atoms with Crippen molar-refractivity contribution in [2.45, 2.75) is 36.7 Å². The van der Waals surface area contributed by atoms with Crippen LogP contribution in [0.4, 0.5) is 0 Å². The van der Waals surface area contributed by atoms with Crippen molar-refractivity contribution in [1.82, 2.24) is 4.90 Å². The molecule has 0 bridgehead atoms. The molecule has 0 aromatic heterocycles. The van der Waals surface area contributed by atoms with E-state index in [9.17, 15) is 4.79 Å². The van der Waals surface area contributed by atoms with Gasteiger partial charge in [0.2, 0.25) is 0 Å². The normalized spacial score (nSPS) is 20.3. The lowest BCUT2D eigenvalue weighted by Gasteiger charge is -2.32. The molecular formula is C11H21NO2S. The number of nitrogens with zero attached hydrogens (tertiary/aromatic N) is 1. The highest BCUT2D eigenvalue weighted by Gasteiger charge is 2.33. The molecule has 1 saturated heterocycles. The van der Waals surface area contributed by atoms with Gasteiger partial charge in [0.1, 0.15) is 4.75 Å². The van der Waals surface area contributed by atoms with Crippen molar-refractivity contribution >= 4 is 17.7 Å². The van der Waals surface area contributed by atoms with Gasteiger partial charge in [0.25, 0.3) is 0 Å². The van der Waals surface area contributed by atoms with E-state index in [2.05, 4.69) is 11.9 Å². The van der Waals surface area contributed by atoms with Crippen LogP contribution in [0.3, 0.4) is 0 Å².